The van der Waals surface area contributed by atoms with E-state index >= 15 is 0 Å². The lowest BCUT2D eigenvalue weighted by atomic mass is 9.90. The fourth-order valence-corrected chi connectivity index (χ4v) is 5.38. The molecule has 8 heteroatoms. The summed E-state index contributed by atoms with van der Waals surface area (Å²) >= 11 is 0. The van der Waals surface area contributed by atoms with Crippen molar-refractivity contribution in [1.29, 1.82) is 0 Å². The third kappa shape index (κ3) is 5.71. The first kappa shape index (κ1) is 23.6. The summed E-state index contributed by atoms with van der Waals surface area (Å²) in [6.07, 6.45) is 8.27. The molecule has 1 saturated carbocycles. The summed E-state index contributed by atoms with van der Waals surface area (Å²) in [4.78, 5) is 41.9. The third-order valence-corrected chi connectivity index (χ3v) is 7.35. The van der Waals surface area contributed by atoms with Crippen LogP contribution in [0.2, 0.25) is 0 Å². The van der Waals surface area contributed by atoms with Crippen LogP contribution in [0.1, 0.15) is 68.1 Å². The van der Waals surface area contributed by atoms with Crippen LogP contribution in [0.4, 0.5) is 8.78 Å². The minimum Gasteiger partial charge on any atom is -0.353 e. The first-order chi connectivity index (χ1) is 15.9. The molecule has 180 valence electrons. The van der Waals surface area contributed by atoms with Crippen LogP contribution < -0.4 is 5.32 Å². The lowest BCUT2D eigenvalue weighted by Gasteiger charge is -2.38. The first-order valence-corrected chi connectivity index (χ1v) is 12.3. The molecule has 2 saturated heterocycles. The highest BCUT2D eigenvalue weighted by molar-refractivity contribution is 5.94. The predicted octanol–water partition coefficient (Wildman–Crippen LogP) is 3.50. The smallest absolute Gasteiger partial charge is 0.256 e. The Morgan fingerprint density at radius 2 is 1.55 bits per heavy atom. The van der Waals surface area contributed by atoms with Gasteiger partial charge in [-0.1, -0.05) is 19.3 Å². The maximum atomic E-state index is 14.0. The molecule has 4 rings (SSSR count). The predicted molar refractivity (Wildman–Crippen MR) is 119 cm³/mol. The topological polar surface area (TPSA) is 69.7 Å². The van der Waals surface area contributed by atoms with Gasteiger partial charge in [0.05, 0.1) is 11.5 Å². The molecule has 1 aromatic carbocycles. The van der Waals surface area contributed by atoms with Gasteiger partial charge in [0.15, 0.2) is 0 Å². The summed E-state index contributed by atoms with van der Waals surface area (Å²) in [5.41, 5.74) is -0.149. The van der Waals surface area contributed by atoms with Crippen LogP contribution in [0.5, 0.6) is 0 Å². The van der Waals surface area contributed by atoms with Crippen molar-refractivity contribution in [2.24, 2.45) is 11.8 Å². The highest BCUT2D eigenvalue weighted by Crippen LogP contribution is 2.26. The zero-order valence-corrected chi connectivity index (χ0v) is 19.0. The normalized spacial score (nSPS) is 22.8. The van der Waals surface area contributed by atoms with Crippen LogP contribution in [0, 0.1) is 23.5 Å². The van der Waals surface area contributed by atoms with E-state index in [4.69, 9.17) is 0 Å². The van der Waals surface area contributed by atoms with Crippen LogP contribution in [0.15, 0.2) is 18.2 Å². The number of carbonyl (C=O) groups excluding carboxylic acids is 3. The van der Waals surface area contributed by atoms with Crippen LogP contribution in [-0.2, 0) is 9.59 Å². The molecule has 2 aliphatic heterocycles. The molecule has 2 heterocycles. The quantitative estimate of drug-likeness (QED) is 0.746. The Morgan fingerprint density at radius 1 is 0.818 bits per heavy atom. The Bertz CT molecular complexity index is 880. The molecule has 0 bridgehead atoms. The van der Waals surface area contributed by atoms with Crippen molar-refractivity contribution in [2.75, 3.05) is 26.2 Å². The summed E-state index contributed by atoms with van der Waals surface area (Å²) in [6, 6.07) is 3.21. The number of halogens is 2. The third-order valence-electron chi connectivity index (χ3n) is 7.35. The number of piperidine rings is 2. The maximum absolute atomic E-state index is 14.0. The van der Waals surface area contributed by atoms with E-state index in [-0.39, 0.29) is 35.3 Å². The van der Waals surface area contributed by atoms with Crippen LogP contribution >= 0.6 is 0 Å². The molecule has 1 N–H and O–H groups in total. The summed E-state index contributed by atoms with van der Waals surface area (Å²) in [6.45, 7) is 1.82. The van der Waals surface area contributed by atoms with Crippen molar-refractivity contribution in [3.63, 3.8) is 0 Å². The number of hydrogen-bond acceptors (Lipinski definition) is 3. The monoisotopic (exact) mass is 461 g/mol. The van der Waals surface area contributed by atoms with E-state index < -0.39 is 17.5 Å². The molecule has 0 spiro atoms. The van der Waals surface area contributed by atoms with Crippen LogP contribution in [0.3, 0.4) is 0 Å². The van der Waals surface area contributed by atoms with Crippen molar-refractivity contribution >= 4 is 17.7 Å². The van der Waals surface area contributed by atoms with E-state index in [1.165, 1.54) is 11.3 Å². The van der Waals surface area contributed by atoms with Gasteiger partial charge < -0.3 is 15.1 Å². The lowest BCUT2D eigenvalue weighted by molar-refractivity contribution is -0.140. The molecular formula is C25H33F2N3O3. The largest absolute Gasteiger partial charge is 0.353 e. The molecule has 3 amide bonds. The second kappa shape index (κ2) is 10.6. The van der Waals surface area contributed by atoms with Gasteiger partial charge in [-0.2, -0.15) is 0 Å². The molecule has 3 fully saturated rings. The number of hydrogen-bond donors (Lipinski definition) is 1. The standard InChI is InChI=1S/C25H33F2N3O3/c26-19-8-9-21(22(27)15-19)25(33)29-13-10-17(11-14-29)24(32)30-12-4-5-18(16-30)23(31)28-20-6-2-1-3-7-20/h8-9,15,17-18,20H,1-7,10-14,16H2,(H,28,31). The minimum absolute atomic E-state index is 0.0465. The van der Waals surface area contributed by atoms with Gasteiger partial charge in [-0.15, -0.1) is 0 Å². The van der Waals surface area contributed by atoms with E-state index in [1.807, 2.05) is 4.90 Å². The Kier molecular flexibility index (Phi) is 7.60. The molecule has 0 radical (unpaired) electrons. The molecule has 1 aliphatic carbocycles. The minimum atomic E-state index is -0.871. The number of carbonyl (C=O) groups is 3. The molecule has 1 atom stereocenters. The maximum Gasteiger partial charge on any atom is 0.256 e. The lowest BCUT2D eigenvalue weighted by Crippen LogP contribution is -2.50. The number of benzene rings is 1. The molecule has 1 aromatic rings. The zero-order valence-electron chi connectivity index (χ0n) is 19.0. The van der Waals surface area contributed by atoms with Gasteiger partial charge >= 0.3 is 0 Å². The molecule has 6 nitrogen and oxygen atoms in total. The highest BCUT2D eigenvalue weighted by atomic mass is 19.1. The number of rotatable bonds is 4. The molecular weight excluding hydrogens is 428 g/mol. The van der Waals surface area contributed by atoms with Gasteiger partial charge in [0.1, 0.15) is 11.6 Å². The second-order valence-electron chi connectivity index (χ2n) is 9.66. The van der Waals surface area contributed by atoms with Crippen molar-refractivity contribution < 1.29 is 23.2 Å². The zero-order chi connectivity index (χ0) is 23.4. The fourth-order valence-electron chi connectivity index (χ4n) is 5.38. The summed E-state index contributed by atoms with van der Waals surface area (Å²) in [5, 5.41) is 3.19. The molecule has 0 aromatic heterocycles. The molecule has 3 aliphatic rings. The van der Waals surface area contributed by atoms with Gasteiger partial charge in [0.25, 0.3) is 5.91 Å². The summed E-state index contributed by atoms with van der Waals surface area (Å²) in [7, 11) is 0. The summed E-state index contributed by atoms with van der Waals surface area (Å²) < 4.78 is 27.1. The number of likely N-dealkylation sites (tertiary alicyclic amines) is 2. The first-order valence-electron chi connectivity index (χ1n) is 12.3. The Morgan fingerprint density at radius 3 is 2.24 bits per heavy atom. The van der Waals surface area contributed by atoms with Crippen LogP contribution in [0.25, 0.3) is 0 Å². The fraction of sp³-hybridized carbons (Fsp3) is 0.640. The van der Waals surface area contributed by atoms with E-state index in [0.29, 0.717) is 45.1 Å². The van der Waals surface area contributed by atoms with Gasteiger partial charge in [0.2, 0.25) is 11.8 Å². The van der Waals surface area contributed by atoms with Crippen molar-refractivity contribution in [2.45, 2.75) is 63.8 Å². The van der Waals surface area contributed by atoms with Crippen molar-refractivity contribution in [3.8, 4) is 0 Å². The highest BCUT2D eigenvalue weighted by Gasteiger charge is 2.35. The van der Waals surface area contributed by atoms with E-state index in [2.05, 4.69) is 5.32 Å². The van der Waals surface area contributed by atoms with E-state index in [9.17, 15) is 23.2 Å². The van der Waals surface area contributed by atoms with Gasteiger partial charge in [-0.3, -0.25) is 14.4 Å². The van der Waals surface area contributed by atoms with E-state index in [0.717, 1.165) is 50.7 Å². The molecule has 33 heavy (non-hydrogen) atoms. The van der Waals surface area contributed by atoms with Gasteiger partial charge in [-0.05, 0) is 50.7 Å². The SMILES string of the molecule is O=C(NC1CCCCC1)C1CCCN(C(=O)C2CCN(C(=O)c3ccc(F)cc3F)CC2)C1. The molecule has 1 unspecified atom stereocenters. The number of amides is 3. The average Bonchev–Trinajstić information content (AvgIpc) is 2.84. The van der Waals surface area contributed by atoms with Gasteiger partial charge in [0, 0.05) is 44.2 Å². The number of nitrogens with one attached hydrogen (secondary N) is 1. The van der Waals surface area contributed by atoms with Crippen LogP contribution in [-0.4, -0.2) is 59.7 Å². The summed E-state index contributed by atoms with van der Waals surface area (Å²) in [5.74, 6) is -2.31. The Labute approximate surface area is 193 Å². The average molecular weight is 462 g/mol. The Hall–Kier alpha value is -2.51. The Balaban J connectivity index is 1.28. The van der Waals surface area contributed by atoms with E-state index in [1.54, 1.807) is 0 Å². The second-order valence-corrected chi connectivity index (χ2v) is 9.66. The van der Waals surface area contributed by atoms with Crippen molar-refractivity contribution in [3.05, 3.63) is 35.4 Å². The van der Waals surface area contributed by atoms with Crippen molar-refractivity contribution in [1.82, 2.24) is 15.1 Å². The number of nitrogens with zero attached hydrogens (tertiary/aromatic N) is 2. The van der Waals surface area contributed by atoms with Gasteiger partial charge in [-0.25, -0.2) is 8.78 Å².